The van der Waals surface area contributed by atoms with Crippen LogP contribution in [0.5, 0.6) is 0 Å². The molecule has 0 saturated carbocycles. The minimum Gasteiger partial charge on any atom is -0.379 e. The van der Waals surface area contributed by atoms with Gasteiger partial charge in [-0.05, 0) is 80.4 Å². The molecule has 2 saturated heterocycles. The Morgan fingerprint density at radius 2 is 1.70 bits per heavy atom. The zero-order valence-corrected chi connectivity index (χ0v) is 22.4. The summed E-state index contributed by atoms with van der Waals surface area (Å²) in [7, 11) is 0. The number of nitrogens with one attached hydrogen (secondary N) is 2. The van der Waals surface area contributed by atoms with Crippen LogP contribution in [0.1, 0.15) is 41.6 Å². The molecular weight excluding hydrogens is 462 g/mol. The van der Waals surface area contributed by atoms with Gasteiger partial charge in [0.1, 0.15) is 0 Å². The quantitative estimate of drug-likeness (QED) is 0.559. The Hall–Kier alpha value is -2.03. The number of anilines is 1. The Bertz CT molecular complexity index is 934. The summed E-state index contributed by atoms with van der Waals surface area (Å²) in [4.78, 5) is 9.33. The molecule has 1 aromatic heterocycles. The molecular formula is C30H45N5O2. The lowest BCUT2D eigenvalue weighted by Crippen LogP contribution is -2.45. The van der Waals surface area contributed by atoms with Gasteiger partial charge >= 0.3 is 0 Å². The van der Waals surface area contributed by atoms with Gasteiger partial charge in [-0.2, -0.15) is 0 Å². The molecule has 4 heterocycles. The highest BCUT2D eigenvalue weighted by atomic mass is 16.5. The first-order valence-corrected chi connectivity index (χ1v) is 14.5. The second kappa shape index (κ2) is 14.2. The van der Waals surface area contributed by atoms with Gasteiger partial charge in [-0.3, -0.25) is 9.88 Å². The molecule has 1 unspecified atom stereocenters. The number of morpholine rings is 2. The first-order valence-electron chi connectivity index (χ1n) is 14.5. The summed E-state index contributed by atoms with van der Waals surface area (Å²) >= 11 is 0. The maximum atomic E-state index is 5.53. The average molecular weight is 508 g/mol. The molecule has 7 heteroatoms. The van der Waals surface area contributed by atoms with Crippen LogP contribution in [0.15, 0.2) is 36.5 Å². The van der Waals surface area contributed by atoms with Crippen LogP contribution < -0.4 is 15.5 Å². The number of aromatic nitrogens is 1. The Labute approximate surface area is 222 Å². The Balaban J connectivity index is 0.000000233. The molecule has 202 valence electrons. The van der Waals surface area contributed by atoms with Crippen molar-refractivity contribution >= 4 is 5.69 Å². The summed E-state index contributed by atoms with van der Waals surface area (Å²) in [5.41, 5.74) is 7.22. The van der Waals surface area contributed by atoms with Crippen molar-refractivity contribution in [3.05, 3.63) is 58.9 Å². The molecule has 0 amide bonds. The second-order valence-corrected chi connectivity index (χ2v) is 10.6. The van der Waals surface area contributed by atoms with E-state index in [-0.39, 0.29) is 0 Å². The minimum atomic E-state index is 0.517. The van der Waals surface area contributed by atoms with E-state index < -0.39 is 0 Å². The normalized spacial score (nSPS) is 21.9. The van der Waals surface area contributed by atoms with Gasteiger partial charge < -0.3 is 25.0 Å². The number of rotatable bonds is 7. The molecule has 0 bridgehead atoms. The number of aryl methyl sites for hydroxylation is 2. The number of hydrogen-bond acceptors (Lipinski definition) is 7. The minimum absolute atomic E-state index is 0.517. The van der Waals surface area contributed by atoms with E-state index in [0.29, 0.717) is 6.04 Å². The molecule has 1 atom stereocenters. The van der Waals surface area contributed by atoms with E-state index >= 15 is 0 Å². The van der Waals surface area contributed by atoms with Gasteiger partial charge in [0.05, 0.1) is 26.4 Å². The predicted molar refractivity (Wildman–Crippen MR) is 149 cm³/mol. The third kappa shape index (κ3) is 7.74. The van der Waals surface area contributed by atoms with Crippen molar-refractivity contribution in [2.75, 3.05) is 77.1 Å². The molecule has 0 radical (unpaired) electrons. The Kier molecular flexibility index (Phi) is 10.2. The van der Waals surface area contributed by atoms with Crippen LogP contribution in [0.3, 0.4) is 0 Å². The van der Waals surface area contributed by atoms with Gasteiger partial charge in [0.15, 0.2) is 0 Å². The summed E-state index contributed by atoms with van der Waals surface area (Å²) in [5.74, 6) is 0. The zero-order chi connectivity index (χ0) is 25.1. The van der Waals surface area contributed by atoms with Crippen molar-refractivity contribution in [2.45, 2.75) is 51.1 Å². The lowest BCUT2D eigenvalue weighted by atomic mass is 9.93. The maximum absolute atomic E-state index is 5.53. The van der Waals surface area contributed by atoms with E-state index in [2.05, 4.69) is 49.7 Å². The Morgan fingerprint density at radius 3 is 2.54 bits per heavy atom. The predicted octanol–water partition coefficient (Wildman–Crippen LogP) is 2.81. The highest BCUT2D eigenvalue weighted by molar-refractivity contribution is 5.58. The third-order valence-corrected chi connectivity index (χ3v) is 8.05. The molecule has 37 heavy (non-hydrogen) atoms. The maximum Gasteiger partial charge on any atom is 0.0642 e. The lowest BCUT2D eigenvalue weighted by Gasteiger charge is -2.34. The van der Waals surface area contributed by atoms with Crippen LogP contribution in [-0.2, 0) is 35.3 Å². The van der Waals surface area contributed by atoms with Crippen molar-refractivity contribution in [1.29, 1.82) is 0 Å². The van der Waals surface area contributed by atoms with Crippen molar-refractivity contribution in [1.82, 2.24) is 20.5 Å². The molecule has 3 aliphatic heterocycles. The van der Waals surface area contributed by atoms with Gasteiger partial charge in [0.2, 0.25) is 0 Å². The van der Waals surface area contributed by atoms with Crippen molar-refractivity contribution in [2.24, 2.45) is 0 Å². The molecule has 1 aliphatic carbocycles. The third-order valence-electron chi connectivity index (χ3n) is 8.05. The van der Waals surface area contributed by atoms with E-state index in [4.69, 9.17) is 9.47 Å². The van der Waals surface area contributed by atoms with Gasteiger partial charge in [0, 0.05) is 62.9 Å². The number of ether oxygens (including phenoxy) is 2. The van der Waals surface area contributed by atoms with E-state index in [1.807, 2.05) is 12.3 Å². The largest absolute Gasteiger partial charge is 0.379 e. The van der Waals surface area contributed by atoms with Crippen LogP contribution in [-0.4, -0.2) is 88.2 Å². The molecule has 2 aromatic rings. The lowest BCUT2D eigenvalue weighted by molar-refractivity contribution is 0.0374. The van der Waals surface area contributed by atoms with Crippen LogP contribution in [0, 0.1) is 0 Å². The summed E-state index contributed by atoms with van der Waals surface area (Å²) in [5, 5.41) is 7.38. The molecule has 2 fully saturated rings. The highest BCUT2D eigenvalue weighted by Gasteiger charge is 2.23. The van der Waals surface area contributed by atoms with Crippen LogP contribution in [0.4, 0.5) is 5.69 Å². The van der Waals surface area contributed by atoms with Crippen molar-refractivity contribution in [3.63, 3.8) is 0 Å². The van der Waals surface area contributed by atoms with E-state index in [0.717, 1.165) is 78.7 Å². The first kappa shape index (κ1) is 26.6. The number of fused-ring (bicyclic) bond motifs is 2. The standard InChI is InChI=1S/C21H34N4O2.C9H11N/c1-3-18-16-23-19(17-22-5-2-6-24-7-11-26-12-8-24)15-20(18)21(4-1)25-9-13-27-14-10-25;1-2-6-9-8(4-1)5-3-7-10-9/h1,3-4,19,22-23H,2,5-17H2;3,5,7H,1-2,4,6H2. The highest BCUT2D eigenvalue weighted by Crippen LogP contribution is 2.28. The van der Waals surface area contributed by atoms with Gasteiger partial charge in [-0.1, -0.05) is 18.2 Å². The van der Waals surface area contributed by atoms with Gasteiger partial charge in [-0.15, -0.1) is 0 Å². The number of nitrogens with zero attached hydrogens (tertiary/aromatic N) is 3. The van der Waals surface area contributed by atoms with Crippen molar-refractivity contribution < 1.29 is 9.47 Å². The molecule has 1 aromatic carbocycles. The van der Waals surface area contributed by atoms with Gasteiger partial charge in [-0.25, -0.2) is 0 Å². The van der Waals surface area contributed by atoms with Crippen molar-refractivity contribution in [3.8, 4) is 0 Å². The van der Waals surface area contributed by atoms with Crippen LogP contribution in [0.2, 0.25) is 0 Å². The Morgan fingerprint density at radius 1 is 0.919 bits per heavy atom. The molecule has 6 rings (SSSR count). The average Bonchev–Trinajstić information content (AvgIpc) is 2.98. The number of pyridine rings is 1. The fourth-order valence-electron chi connectivity index (χ4n) is 5.90. The monoisotopic (exact) mass is 507 g/mol. The molecule has 4 aliphatic rings. The summed E-state index contributed by atoms with van der Waals surface area (Å²) in [6.07, 6.45) is 9.31. The zero-order valence-electron chi connectivity index (χ0n) is 22.4. The van der Waals surface area contributed by atoms with Crippen LogP contribution in [0.25, 0.3) is 0 Å². The molecule has 0 spiro atoms. The SMILES string of the molecule is c1cc2c(c(N3CCOCC3)c1)CC(CNCCCN1CCOCC1)NC2.c1cnc2c(c1)CCCC2. The summed E-state index contributed by atoms with van der Waals surface area (Å²) in [6.45, 7) is 12.0. The van der Waals surface area contributed by atoms with Gasteiger partial charge in [0.25, 0.3) is 0 Å². The molecule has 2 N–H and O–H groups in total. The smallest absolute Gasteiger partial charge is 0.0642 e. The number of hydrogen-bond donors (Lipinski definition) is 2. The fraction of sp³-hybridized carbons (Fsp3) is 0.633. The topological polar surface area (TPSA) is 61.9 Å². The first-order chi connectivity index (χ1) is 18.4. The molecule has 7 nitrogen and oxygen atoms in total. The summed E-state index contributed by atoms with van der Waals surface area (Å²) < 4.78 is 10.9. The second-order valence-electron chi connectivity index (χ2n) is 10.6. The summed E-state index contributed by atoms with van der Waals surface area (Å²) in [6, 6.07) is 11.5. The fourth-order valence-corrected chi connectivity index (χ4v) is 5.90. The number of benzene rings is 1. The van der Waals surface area contributed by atoms with Crippen LogP contribution >= 0.6 is 0 Å². The van der Waals surface area contributed by atoms with E-state index in [9.17, 15) is 0 Å². The van der Waals surface area contributed by atoms with E-state index in [1.54, 1.807) is 5.56 Å². The van der Waals surface area contributed by atoms with E-state index in [1.165, 1.54) is 61.2 Å².